The van der Waals surface area contributed by atoms with E-state index < -0.39 is 11.9 Å². The summed E-state index contributed by atoms with van der Waals surface area (Å²) in [5, 5.41) is 5.92. The van der Waals surface area contributed by atoms with Gasteiger partial charge in [-0.25, -0.2) is 0 Å². The number of carbonyl (C=O) groups excluding carboxylic acids is 4. The van der Waals surface area contributed by atoms with E-state index in [0.717, 1.165) is 74.5 Å². The van der Waals surface area contributed by atoms with Crippen LogP contribution >= 0.6 is 0 Å². The number of methoxy groups -OCH3 is 1. The van der Waals surface area contributed by atoms with Gasteiger partial charge in [0.1, 0.15) is 6.04 Å². The largest absolute Gasteiger partial charge is 0.385 e. The molecule has 218 valence electrons. The molecule has 2 N–H and O–H groups in total. The van der Waals surface area contributed by atoms with E-state index in [2.05, 4.69) is 31.1 Å². The van der Waals surface area contributed by atoms with E-state index in [4.69, 9.17) is 4.74 Å². The predicted molar refractivity (Wildman–Crippen MR) is 155 cm³/mol. The highest BCUT2D eigenvalue weighted by Crippen LogP contribution is 2.22. The van der Waals surface area contributed by atoms with E-state index in [-0.39, 0.29) is 5.91 Å². The lowest BCUT2D eigenvalue weighted by Gasteiger charge is -2.29. The van der Waals surface area contributed by atoms with E-state index >= 15 is 0 Å². The Balaban J connectivity index is 0.00000113. The maximum Gasteiger partial charge on any atom is 0.261 e. The standard InChI is InChI=1S/C25H36N4O4.C5H12O/c1-4-5-8-23(24(32)26-3)29(18-31)25(33)22-10-9-21(16-19(22)2)27-13-6-7-20-11-14-28(17-30)15-12-20;1-5(2)4-6-3/h4,9-10,16-18,20,23,27H,1,5-8,11-15H2,2-3H3,(H,26,32);5H,4H2,1-3H3. The Hall–Kier alpha value is -3.20. The highest BCUT2D eigenvalue weighted by molar-refractivity contribution is 6.04. The summed E-state index contributed by atoms with van der Waals surface area (Å²) in [6.07, 6.45) is 8.12. The molecule has 9 heteroatoms. The Bertz CT molecular complexity index is 913. The molecule has 1 aliphatic rings. The van der Waals surface area contributed by atoms with Crippen molar-refractivity contribution in [1.29, 1.82) is 0 Å². The molecule has 1 atom stereocenters. The van der Waals surface area contributed by atoms with Crippen LogP contribution in [0.3, 0.4) is 0 Å². The summed E-state index contributed by atoms with van der Waals surface area (Å²) in [5.41, 5.74) is 2.03. The van der Waals surface area contributed by atoms with Gasteiger partial charge in [0.2, 0.25) is 18.7 Å². The number of hydrogen-bond acceptors (Lipinski definition) is 6. The fourth-order valence-corrected chi connectivity index (χ4v) is 4.56. The van der Waals surface area contributed by atoms with Crippen molar-refractivity contribution in [3.63, 3.8) is 0 Å². The molecular weight excluding hydrogens is 496 g/mol. The molecule has 39 heavy (non-hydrogen) atoms. The van der Waals surface area contributed by atoms with Crippen molar-refractivity contribution in [2.45, 2.75) is 65.3 Å². The molecule has 1 fully saturated rings. The second-order valence-corrected chi connectivity index (χ2v) is 10.3. The number of nitrogens with one attached hydrogen (secondary N) is 2. The number of likely N-dealkylation sites (N-methyl/N-ethyl adjacent to an activating group) is 1. The Morgan fingerprint density at radius 1 is 1.23 bits per heavy atom. The lowest BCUT2D eigenvalue weighted by atomic mass is 9.92. The average molecular weight is 545 g/mol. The number of likely N-dealkylation sites (tertiary alicyclic amines) is 1. The number of anilines is 1. The molecule has 0 spiro atoms. The highest BCUT2D eigenvalue weighted by atomic mass is 16.5. The van der Waals surface area contributed by atoms with Crippen LogP contribution in [0.25, 0.3) is 0 Å². The molecule has 0 aromatic heterocycles. The third kappa shape index (κ3) is 12.0. The maximum atomic E-state index is 13.1. The van der Waals surface area contributed by atoms with Gasteiger partial charge in [-0.1, -0.05) is 19.9 Å². The van der Waals surface area contributed by atoms with Gasteiger partial charge in [0.25, 0.3) is 5.91 Å². The summed E-state index contributed by atoms with van der Waals surface area (Å²) in [7, 11) is 3.20. The van der Waals surface area contributed by atoms with Gasteiger partial charge in [-0.2, -0.15) is 0 Å². The number of allylic oxidation sites excluding steroid dienone is 1. The van der Waals surface area contributed by atoms with E-state index in [1.54, 1.807) is 19.3 Å². The van der Waals surface area contributed by atoms with Crippen molar-refractivity contribution in [2.75, 3.05) is 45.7 Å². The van der Waals surface area contributed by atoms with Crippen molar-refractivity contribution in [1.82, 2.24) is 15.1 Å². The number of imide groups is 1. The summed E-state index contributed by atoms with van der Waals surface area (Å²) < 4.78 is 4.80. The van der Waals surface area contributed by atoms with Crippen LogP contribution in [-0.2, 0) is 19.1 Å². The molecule has 1 aromatic rings. The first kappa shape index (κ1) is 33.8. The van der Waals surface area contributed by atoms with Crippen LogP contribution in [0.4, 0.5) is 5.69 Å². The SMILES string of the molecule is C=CCCC(C(=O)NC)N(C=O)C(=O)c1ccc(NCCCC2CCN(C=O)CC2)cc1C.COCC(C)C. The lowest BCUT2D eigenvalue weighted by Crippen LogP contribution is -2.48. The zero-order valence-electron chi connectivity index (χ0n) is 24.4. The fraction of sp³-hybridized carbons (Fsp3) is 0.600. The number of ether oxygens (including phenoxy) is 1. The van der Waals surface area contributed by atoms with Crippen LogP contribution in [-0.4, -0.2) is 80.9 Å². The van der Waals surface area contributed by atoms with Crippen LogP contribution in [0.1, 0.15) is 68.3 Å². The molecule has 0 saturated carbocycles. The minimum Gasteiger partial charge on any atom is -0.385 e. The maximum absolute atomic E-state index is 13.1. The summed E-state index contributed by atoms with van der Waals surface area (Å²) in [6.45, 7) is 13.1. The average Bonchev–Trinajstić information content (AvgIpc) is 2.93. The van der Waals surface area contributed by atoms with E-state index in [9.17, 15) is 19.2 Å². The Kier molecular flexibility index (Phi) is 16.4. The van der Waals surface area contributed by atoms with Gasteiger partial charge in [0.05, 0.1) is 0 Å². The lowest BCUT2D eigenvalue weighted by molar-refractivity contribution is -0.130. The van der Waals surface area contributed by atoms with Crippen LogP contribution in [0, 0.1) is 18.8 Å². The topological polar surface area (TPSA) is 108 Å². The van der Waals surface area contributed by atoms with Crippen molar-refractivity contribution < 1.29 is 23.9 Å². The first-order valence-electron chi connectivity index (χ1n) is 13.8. The zero-order valence-corrected chi connectivity index (χ0v) is 24.4. The molecule has 4 amide bonds. The Morgan fingerprint density at radius 2 is 1.92 bits per heavy atom. The molecule has 2 rings (SSSR count). The smallest absolute Gasteiger partial charge is 0.261 e. The van der Waals surface area contributed by atoms with Gasteiger partial charge in [0, 0.05) is 51.6 Å². The number of nitrogens with zero attached hydrogens (tertiary/aromatic N) is 2. The number of piperidine rings is 1. The van der Waals surface area contributed by atoms with E-state index in [1.165, 1.54) is 7.05 Å². The molecule has 1 unspecified atom stereocenters. The Labute approximate surface area is 234 Å². The van der Waals surface area contributed by atoms with Crippen molar-refractivity contribution in [3.05, 3.63) is 42.0 Å². The van der Waals surface area contributed by atoms with Gasteiger partial charge < -0.3 is 20.3 Å². The first-order valence-corrected chi connectivity index (χ1v) is 13.8. The fourth-order valence-electron chi connectivity index (χ4n) is 4.56. The number of rotatable bonds is 15. The van der Waals surface area contributed by atoms with Gasteiger partial charge in [-0.3, -0.25) is 24.1 Å². The van der Waals surface area contributed by atoms with Gasteiger partial charge in [-0.15, -0.1) is 6.58 Å². The van der Waals surface area contributed by atoms with Crippen LogP contribution in [0.5, 0.6) is 0 Å². The second-order valence-electron chi connectivity index (χ2n) is 10.3. The summed E-state index contributed by atoms with van der Waals surface area (Å²) in [4.78, 5) is 50.7. The molecule has 0 aliphatic carbocycles. The molecule has 1 heterocycles. The molecule has 1 aromatic carbocycles. The third-order valence-electron chi connectivity index (χ3n) is 6.75. The van der Waals surface area contributed by atoms with Crippen LogP contribution in [0.15, 0.2) is 30.9 Å². The third-order valence-corrected chi connectivity index (χ3v) is 6.75. The predicted octanol–water partition coefficient (Wildman–Crippen LogP) is 4.02. The van der Waals surface area contributed by atoms with E-state index in [0.29, 0.717) is 36.7 Å². The summed E-state index contributed by atoms with van der Waals surface area (Å²) >= 11 is 0. The van der Waals surface area contributed by atoms with Crippen molar-refractivity contribution in [3.8, 4) is 0 Å². The molecule has 9 nitrogen and oxygen atoms in total. The number of benzene rings is 1. The molecular formula is C30H48N4O5. The van der Waals surface area contributed by atoms with Gasteiger partial charge in [-0.05, 0) is 81.0 Å². The van der Waals surface area contributed by atoms with Crippen molar-refractivity contribution >= 4 is 30.3 Å². The summed E-state index contributed by atoms with van der Waals surface area (Å²) in [5.74, 6) is 0.460. The number of carbonyl (C=O) groups is 4. The number of amides is 4. The molecule has 1 aliphatic heterocycles. The van der Waals surface area contributed by atoms with Crippen LogP contribution < -0.4 is 10.6 Å². The monoisotopic (exact) mass is 544 g/mol. The number of hydrogen-bond donors (Lipinski definition) is 2. The molecule has 1 saturated heterocycles. The molecule has 0 radical (unpaired) electrons. The van der Waals surface area contributed by atoms with Crippen molar-refractivity contribution in [2.24, 2.45) is 11.8 Å². The Morgan fingerprint density at radius 3 is 2.41 bits per heavy atom. The van der Waals surface area contributed by atoms with Gasteiger partial charge >= 0.3 is 0 Å². The quantitative estimate of drug-likeness (QED) is 0.196. The minimum absolute atomic E-state index is 0.320. The molecule has 0 bridgehead atoms. The van der Waals surface area contributed by atoms with E-state index in [1.807, 2.05) is 24.0 Å². The van der Waals surface area contributed by atoms with Gasteiger partial charge in [0.15, 0.2) is 0 Å². The minimum atomic E-state index is -0.881. The zero-order chi connectivity index (χ0) is 29.2. The second kappa shape index (κ2) is 19.0. The highest BCUT2D eigenvalue weighted by Gasteiger charge is 2.30. The summed E-state index contributed by atoms with van der Waals surface area (Å²) in [6, 6.07) is 4.52. The number of aryl methyl sites for hydroxylation is 1. The van der Waals surface area contributed by atoms with Crippen LogP contribution in [0.2, 0.25) is 0 Å². The normalized spacial score (nSPS) is 14.1. The first-order chi connectivity index (χ1) is 18.7.